The Hall–Kier alpha value is -2.88. The number of carbonyl (C=O) groups excluding carboxylic acids is 1. The lowest BCUT2D eigenvalue weighted by molar-refractivity contribution is 0.102. The molecule has 23 heavy (non-hydrogen) atoms. The van der Waals surface area contributed by atoms with Gasteiger partial charge in [0.2, 0.25) is 0 Å². The summed E-state index contributed by atoms with van der Waals surface area (Å²) in [4.78, 5) is 27.7. The van der Waals surface area contributed by atoms with Gasteiger partial charge in [-0.05, 0) is 49.6 Å². The maximum absolute atomic E-state index is 12.6. The van der Waals surface area contributed by atoms with Crippen molar-refractivity contribution in [2.75, 3.05) is 5.32 Å². The first kappa shape index (κ1) is 15.0. The molecule has 0 saturated carbocycles. The molecule has 116 valence electrons. The molecule has 0 atom stereocenters. The number of aryl methyl sites for hydroxylation is 3. The van der Waals surface area contributed by atoms with Gasteiger partial charge in [0.1, 0.15) is 5.56 Å². The van der Waals surface area contributed by atoms with Gasteiger partial charge in [0.25, 0.3) is 11.5 Å². The molecule has 4 nitrogen and oxygen atoms in total. The van der Waals surface area contributed by atoms with Crippen LogP contribution in [-0.4, -0.2) is 10.9 Å². The molecule has 0 fully saturated rings. The highest BCUT2D eigenvalue weighted by Gasteiger charge is 2.17. The van der Waals surface area contributed by atoms with Gasteiger partial charge in [0.15, 0.2) is 0 Å². The van der Waals surface area contributed by atoms with Crippen LogP contribution in [0, 0.1) is 20.8 Å². The summed E-state index contributed by atoms with van der Waals surface area (Å²) in [6.07, 6.45) is 0. The number of rotatable bonds is 2. The largest absolute Gasteiger partial charge is 0.322 e. The molecule has 0 aliphatic heterocycles. The number of benzene rings is 2. The van der Waals surface area contributed by atoms with Crippen LogP contribution in [-0.2, 0) is 0 Å². The topological polar surface area (TPSA) is 62.0 Å². The Morgan fingerprint density at radius 3 is 2.57 bits per heavy atom. The summed E-state index contributed by atoms with van der Waals surface area (Å²) in [5, 5.41) is 3.73. The average molecular weight is 306 g/mol. The van der Waals surface area contributed by atoms with Gasteiger partial charge in [-0.2, -0.15) is 0 Å². The number of aromatic amines is 1. The zero-order chi connectivity index (χ0) is 16.6. The summed E-state index contributed by atoms with van der Waals surface area (Å²) < 4.78 is 0. The van der Waals surface area contributed by atoms with Gasteiger partial charge >= 0.3 is 0 Å². The van der Waals surface area contributed by atoms with Gasteiger partial charge in [0, 0.05) is 16.6 Å². The van der Waals surface area contributed by atoms with E-state index in [0.717, 1.165) is 27.7 Å². The number of pyridine rings is 1. The Labute approximate surface area is 134 Å². The summed E-state index contributed by atoms with van der Waals surface area (Å²) >= 11 is 0. The van der Waals surface area contributed by atoms with E-state index in [4.69, 9.17) is 0 Å². The fourth-order valence-corrected chi connectivity index (χ4v) is 2.74. The highest BCUT2D eigenvalue weighted by atomic mass is 16.2. The van der Waals surface area contributed by atoms with Crippen LogP contribution in [0.15, 0.2) is 47.3 Å². The Balaban J connectivity index is 2.08. The second kappa shape index (κ2) is 5.72. The predicted molar refractivity (Wildman–Crippen MR) is 93.2 cm³/mol. The van der Waals surface area contributed by atoms with Crippen LogP contribution in [0.5, 0.6) is 0 Å². The van der Waals surface area contributed by atoms with E-state index in [2.05, 4.69) is 10.3 Å². The Kier molecular flexibility index (Phi) is 3.74. The minimum Gasteiger partial charge on any atom is -0.322 e. The first-order chi connectivity index (χ1) is 11.0. The molecule has 1 aromatic heterocycles. The number of H-pyrrole nitrogens is 1. The van der Waals surface area contributed by atoms with Crippen molar-refractivity contribution in [1.29, 1.82) is 0 Å². The smallest absolute Gasteiger partial charge is 0.261 e. The van der Waals surface area contributed by atoms with Crippen LogP contribution in [0.25, 0.3) is 10.9 Å². The third kappa shape index (κ3) is 2.75. The third-order valence-corrected chi connectivity index (χ3v) is 4.05. The molecule has 0 saturated heterocycles. The first-order valence-corrected chi connectivity index (χ1v) is 7.47. The molecule has 0 unspecified atom stereocenters. The summed E-state index contributed by atoms with van der Waals surface area (Å²) in [6, 6.07) is 13.3. The fourth-order valence-electron chi connectivity index (χ4n) is 2.74. The van der Waals surface area contributed by atoms with Crippen molar-refractivity contribution < 1.29 is 4.79 Å². The van der Waals surface area contributed by atoms with Crippen molar-refractivity contribution in [2.24, 2.45) is 0 Å². The van der Waals surface area contributed by atoms with E-state index in [1.807, 2.05) is 56.3 Å². The summed E-state index contributed by atoms with van der Waals surface area (Å²) in [7, 11) is 0. The van der Waals surface area contributed by atoms with Crippen LogP contribution in [0.1, 0.15) is 27.0 Å². The molecule has 0 radical (unpaired) electrons. The minimum absolute atomic E-state index is 0.157. The Bertz CT molecular complexity index is 971. The first-order valence-electron chi connectivity index (χ1n) is 7.47. The fraction of sp³-hybridized carbons (Fsp3) is 0.158. The van der Waals surface area contributed by atoms with E-state index in [1.54, 1.807) is 6.92 Å². The van der Waals surface area contributed by atoms with Crippen molar-refractivity contribution in [3.05, 3.63) is 75.1 Å². The minimum atomic E-state index is -0.386. The predicted octanol–water partition coefficient (Wildman–Crippen LogP) is 3.71. The molecule has 2 aromatic carbocycles. The Morgan fingerprint density at radius 2 is 1.78 bits per heavy atom. The average Bonchev–Trinajstić information content (AvgIpc) is 2.51. The molecule has 0 spiro atoms. The van der Waals surface area contributed by atoms with Crippen molar-refractivity contribution in [3.8, 4) is 0 Å². The highest BCUT2D eigenvalue weighted by molar-refractivity contribution is 6.07. The lowest BCUT2D eigenvalue weighted by Gasteiger charge is -2.11. The molecule has 0 aliphatic rings. The summed E-state index contributed by atoms with van der Waals surface area (Å²) in [6.45, 7) is 5.69. The van der Waals surface area contributed by atoms with Gasteiger partial charge in [-0.25, -0.2) is 0 Å². The van der Waals surface area contributed by atoms with Crippen LogP contribution >= 0.6 is 0 Å². The number of nitrogens with one attached hydrogen (secondary N) is 2. The van der Waals surface area contributed by atoms with Crippen molar-refractivity contribution in [1.82, 2.24) is 4.98 Å². The zero-order valence-corrected chi connectivity index (χ0v) is 13.4. The van der Waals surface area contributed by atoms with Crippen molar-refractivity contribution in [3.63, 3.8) is 0 Å². The molecule has 1 amide bonds. The number of carbonyl (C=O) groups is 1. The van der Waals surface area contributed by atoms with Crippen LogP contribution in [0.4, 0.5) is 5.69 Å². The number of aromatic nitrogens is 1. The van der Waals surface area contributed by atoms with Gasteiger partial charge < -0.3 is 10.3 Å². The lowest BCUT2D eigenvalue weighted by Crippen LogP contribution is -2.25. The molecule has 4 heteroatoms. The van der Waals surface area contributed by atoms with Crippen LogP contribution < -0.4 is 10.9 Å². The van der Waals surface area contributed by atoms with Gasteiger partial charge in [-0.1, -0.05) is 30.3 Å². The lowest BCUT2D eigenvalue weighted by atomic mass is 10.0. The van der Waals surface area contributed by atoms with E-state index >= 15 is 0 Å². The Morgan fingerprint density at radius 1 is 1.04 bits per heavy atom. The van der Waals surface area contributed by atoms with Gasteiger partial charge in [0.05, 0.1) is 0 Å². The molecule has 3 aromatic rings. The third-order valence-electron chi connectivity index (χ3n) is 4.05. The monoisotopic (exact) mass is 306 g/mol. The number of fused-ring (bicyclic) bond motifs is 1. The normalized spacial score (nSPS) is 10.7. The van der Waals surface area contributed by atoms with Crippen LogP contribution in [0.3, 0.4) is 0 Å². The molecule has 0 bridgehead atoms. The maximum Gasteiger partial charge on any atom is 0.261 e. The van der Waals surface area contributed by atoms with E-state index in [1.165, 1.54) is 0 Å². The van der Waals surface area contributed by atoms with E-state index < -0.39 is 0 Å². The second-order valence-electron chi connectivity index (χ2n) is 5.77. The van der Waals surface area contributed by atoms with Gasteiger partial charge in [-0.15, -0.1) is 0 Å². The molecular weight excluding hydrogens is 288 g/mol. The highest BCUT2D eigenvalue weighted by Crippen LogP contribution is 2.20. The number of amides is 1. The number of hydrogen-bond donors (Lipinski definition) is 2. The quantitative estimate of drug-likeness (QED) is 0.758. The molecule has 2 N–H and O–H groups in total. The van der Waals surface area contributed by atoms with Gasteiger partial charge in [-0.3, -0.25) is 9.59 Å². The van der Waals surface area contributed by atoms with E-state index in [0.29, 0.717) is 5.56 Å². The summed E-state index contributed by atoms with van der Waals surface area (Å²) in [5.74, 6) is -0.386. The van der Waals surface area contributed by atoms with Crippen molar-refractivity contribution in [2.45, 2.75) is 20.8 Å². The molecular formula is C19H18N2O2. The van der Waals surface area contributed by atoms with Crippen molar-refractivity contribution >= 4 is 22.5 Å². The summed E-state index contributed by atoms with van der Waals surface area (Å²) in [5.41, 5.74) is 3.94. The maximum atomic E-state index is 12.6. The standard InChI is InChI=1S/C19H18N2O2/c1-11-8-9-12(2)16(10-11)21-19(23)17-13(3)14-6-4-5-7-15(14)20-18(17)22/h4-10H,1-3H3,(H,20,22)(H,21,23). The van der Waals surface area contributed by atoms with E-state index in [-0.39, 0.29) is 17.0 Å². The number of para-hydroxylation sites is 1. The molecule has 3 rings (SSSR count). The molecule has 1 heterocycles. The number of hydrogen-bond acceptors (Lipinski definition) is 2. The SMILES string of the molecule is Cc1ccc(C)c(NC(=O)c2c(C)c3ccccc3[nH]c2=O)c1. The van der Waals surface area contributed by atoms with Crippen LogP contribution in [0.2, 0.25) is 0 Å². The second-order valence-corrected chi connectivity index (χ2v) is 5.77. The zero-order valence-electron chi connectivity index (χ0n) is 13.4. The molecule has 0 aliphatic carbocycles. The van der Waals surface area contributed by atoms with E-state index in [9.17, 15) is 9.59 Å². The number of anilines is 1.